The Labute approximate surface area is 106 Å². The standard InChI is InChI=1S/C12H20O6/c13-4-6-17-11(15)9-2-1-3-10(8-9)12(16)18-7-5-14/h9-10,13-14H,1-8H2. The molecule has 6 heteroatoms. The Morgan fingerprint density at radius 2 is 1.39 bits per heavy atom. The monoisotopic (exact) mass is 260 g/mol. The molecule has 0 amide bonds. The molecule has 2 N–H and O–H groups in total. The molecule has 0 aromatic heterocycles. The minimum absolute atomic E-state index is 0.00500. The summed E-state index contributed by atoms with van der Waals surface area (Å²) in [7, 11) is 0. The zero-order valence-corrected chi connectivity index (χ0v) is 10.3. The van der Waals surface area contributed by atoms with Gasteiger partial charge in [0.25, 0.3) is 0 Å². The first-order chi connectivity index (χ1) is 8.69. The van der Waals surface area contributed by atoms with Gasteiger partial charge in [-0.15, -0.1) is 0 Å². The zero-order chi connectivity index (χ0) is 13.4. The van der Waals surface area contributed by atoms with Crippen LogP contribution in [-0.4, -0.2) is 48.6 Å². The number of hydrogen-bond donors (Lipinski definition) is 2. The van der Waals surface area contributed by atoms with Crippen molar-refractivity contribution in [2.75, 3.05) is 26.4 Å². The van der Waals surface area contributed by atoms with E-state index in [2.05, 4.69) is 0 Å². The summed E-state index contributed by atoms with van der Waals surface area (Å²) in [6.45, 7) is -0.398. The van der Waals surface area contributed by atoms with Crippen molar-refractivity contribution in [3.8, 4) is 0 Å². The normalized spacial score (nSPS) is 23.4. The molecule has 1 saturated carbocycles. The van der Waals surface area contributed by atoms with Gasteiger partial charge in [-0.3, -0.25) is 9.59 Å². The molecule has 0 heterocycles. The summed E-state index contributed by atoms with van der Waals surface area (Å²) in [6, 6.07) is 0. The van der Waals surface area contributed by atoms with Crippen LogP contribution in [0.15, 0.2) is 0 Å². The highest BCUT2D eigenvalue weighted by Crippen LogP contribution is 2.30. The van der Waals surface area contributed by atoms with Gasteiger partial charge in [0, 0.05) is 0 Å². The molecule has 18 heavy (non-hydrogen) atoms. The Kier molecular flexibility index (Phi) is 6.67. The summed E-state index contributed by atoms with van der Waals surface area (Å²) in [5.41, 5.74) is 0. The molecule has 0 spiro atoms. The Hall–Kier alpha value is -1.14. The molecule has 0 saturated heterocycles. The van der Waals surface area contributed by atoms with Crippen molar-refractivity contribution in [3.05, 3.63) is 0 Å². The van der Waals surface area contributed by atoms with Crippen molar-refractivity contribution in [2.45, 2.75) is 25.7 Å². The first-order valence-corrected chi connectivity index (χ1v) is 6.24. The first-order valence-electron chi connectivity index (χ1n) is 6.24. The van der Waals surface area contributed by atoms with Gasteiger partial charge in [0.2, 0.25) is 0 Å². The predicted molar refractivity (Wildman–Crippen MR) is 61.5 cm³/mol. The van der Waals surface area contributed by atoms with Gasteiger partial charge in [-0.2, -0.15) is 0 Å². The van der Waals surface area contributed by atoms with Gasteiger partial charge in [-0.1, -0.05) is 6.42 Å². The number of carbonyl (C=O) groups excluding carboxylic acids is 2. The average molecular weight is 260 g/mol. The van der Waals surface area contributed by atoms with E-state index in [4.69, 9.17) is 19.7 Å². The highest BCUT2D eigenvalue weighted by atomic mass is 16.5. The lowest BCUT2D eigenvalue weighted by atomic mass is 9.81. The average Bonchev–Trinajstić information content (AvgIpc) is 2.42. The smallest absolute Gasteiger partial charge is 0.309 e. The van der Waals surface area contributed by atoms with E-state index in [1.165, 1.54) is 0 Å². The van der Waals surface area contributed by atoms with Gasteiger partial charge < -0.3 is 19.7 Å². The molecule has 0 aromatic carbocycles. The number of hydrogen-bond acceptors (Lipinski definition) is 6. The molecule has 0 radical (unpaired) electrons. The molecule has 2 atom stereocenters. The lowest BCUT2D eigenvalue weighted by molar-refractivity contribution is -0.156. The summed E-state index contributed by atoms with van der Waals surface area (Å²) < 4.78 is 9.72. The van der Waals surface area contributed by atoms with Crippen LogP contribution in [-0.2, 0) is 19.1 Å². The van der Waals surface area contributed by atoms with Crippen LogP contribution < -0.4 is 0 Å². The van der Waals surface area contributed by atoms with Gasteiger partial charge in [0.15, 0.2) is 0 Å². The SMILES string of the molecule is O=C(OCCO)C1CCCC(C(=O)OCCO)C1. The maximum Gasteiger partial charge on any atom is 0.309 e. The number of aliphatic hydroxyl groups is 2. The van der Waals surface area contributed by atoms with Crippen LogP contribution in [0.4, 0.5) is 0 Å². The molecule has 6 nitrogen and oxygen atoms in total. The van der Waals surface area contributed by atoms with Crippen LogP contribution >= 0.6 is 0 Å². The molecule has 1 aliphatic carbocycles. The molecule has 104 valence electrons. The summed E-state index contributed by atoms with van der Waals surface area (Å²) in [6.07, 6.45) is 2.61. The fraction of sp³-hybridized carbons (Fsp3) is 0.833. The molecule has 0 aliphatic heterocycles. The van der Waals surface area contributed by atoms with E-state index in [-0.39, 0.29) is 50.2 Å². The third kappa shape index (κ3) is 4.62. The van der Waals surface area contributed by atoms with Gasteiger partial charge in [0.1, 0.15) is 13.2 Å². The van der Waals surface area contributed by atoms with Crippen molar-refractivity contribution < 1.29 is 29.3 Å². The molecule has 1 aliphatic rings. The van der Waals surface area contributed by atoms with Gasteiger partial charge in [-0.25, -0.2) is 0 Å². The second-order valence-corrected chi connectivity index (χ2v) is 4.34. The van der Waals surface area contributed by atoms with Crippen LogP contribution in [0.1, 0.15) is 25.7 Å². The molecule has 2 unspecified atom stereocenters. The zero-order valence-electron chi connectivity index (χ0n) is 10.3. The Morgan fingerprint density at radius 1 is 0.944 bits per heavy atom. The van der Waals surface area contributed by atoms with E-state index in [1.807, 2.05) is 0 Å². The second-order valence-electron chi connectivity index (χ2n) is 4.34. The maximum atomic E-state index is 11.6. The van der Waals surface area contributed by atoms with E-state index in [9.17, 15) is 9.59 Å². The topological polar surface area (TPSA) is 93.1 Å². The van der Waals surface area contributed by atoms with E-state index in [0.717, 1.165) is 6.42 Å². The van der Waals surface area contributed by atoms with Crippen molar-refractivity contribution in [1.29, 1.82) is 0 Å². The highest BCUT2D eigenvalue weighted by molar-refractivity contribution is 5.76. The summed E-state index contributed by atoms with van der Waals surface area (Å²) >= 11 is 0. The van der Waals surface area contributed by atoms with Gasteiger partial charge in [0.05, 0.1) is 25.0 Å². The number of rotatable bonds is 6. The minimum atomic E-state index is -0.358. The maximum absolute atomic E-state index is 11.6. The van der Waals surface area contributed by atoms with Gasteiger partial charge in [-0.05, 0) is 19.3 Å². The number of ether oxygens (including phenoxy) is 2. The largest absolute Gasteiger partial charge is 0.463 e. The molecule has 0 aromatic rings. The molecular weight excluding hydrogens is 240 g/mol. The summed E-state index contributed by atoms with van der Waals surface area (Å²) in [5, 5.41) is 17.2. The second kappa shape index (κ2) is 8.05. The van der Waals surface area contributed by atoms with Crippen molar-refractivity contribution in [2.24, 2.45) is 11.8 Å². The van der Waals surface area contributed by atoms with Crippen LogP contribution in [0, 0.1) is 11.8 Å². The van der Waals surface area contributed by atoms with E-state index in [1.54, 1.807) is 0 Å². The lowest BCUT2D eigenvalue weighted by Crippen LogP contribution is -2.30. The number of esters is 2. The number of carbonyl (C=O) groups is 2. The predicted octanol–water partition coefficient (Wildman–Crippen LogP) is -0.136. The fourth-order valence-electron chi connectivity index (χ4n) is 2.15. The third-order valence-corrected chi connectivity index (χ3v) is 3.01. The fourth-order valence-corrected chi connectivity index (χ4v) is 2.15. The molecule has 1 rings (SSSR count). The Balaban J connectivity index is 2.40. The quantitative estimate of drug-likeness (QED) is 0.646. The van der Waals surface area contributed by atoms with E-state index >= 15 is 0 Å². The van der Waals surface area contributed by atoms with Crippen LogP contribution in [0.2, 0.25) is 0 Å². The van der Waals surface area contributed by atoms with Crippen molar-refractivity contribution in [1.82, 2.24) is 0 Å². The molecular formula is C12H20O6. The molecule has 0 bridgehead atoms. The van der Waals surface area contributed by atoms with Crippen LogP contribution in [0.5, 0.6) is 0 Å². The van der Waals surface area contributed by atoms with Crippen molar-refractivity contribution >= 4 is 11.9 Å². The Morgan fingerprint density at radius 3 is 1.78 bits per heavy atom. The van der Waals surface area contributed by atoms with E-state index in [0.29, 0.717) is 19.3 Å². The summed E-state index contributed by atoms with van der Waals surface area (Å²) in [4.78, 5) is 23.2. The minimum Gasteiger partial charge on any atom is -0.463 e. The highest BCUT2D eigenvalue weighted by Gasteiger charge is 2.32. The Bertz CT molecular complexity index is 252. The summed E-state index contributed by atoms with van der Waals surface area (Å²) in [5.74, 6) is -1.30. The number of aliphatic hydroxyl groups excluding tert-OH is 2. The third-order valence-electron chi connectivity index (χ3n) is 3.01. The van der Waals surface area contributed by atoms with Crippen LogP contribution in [0.25, 0.3) is 0 Å². The van der Waals surface area contributed by atoms with Crippen molar-refractivity contribution in [3.63, 3.8) is 0 Å². The van der Waals surface area contributed by atoms with Crippen LogP contribution in [0.3, 0.4) is 0 Å². The van der Waals surface area contributed by atoms with Gasteiger partial charge >= 0.3 is 11.9 Å². The molecule has 1 fully saturated rings. The first kappa shape index (κ1) is 14.9. The van der Waals surface area contributed by atoms with E-state index < -0.39 is 0 Å². The lowest BCUT2D eigenvalue weighted by Gasteiger charge is -2.26.